The van der Waals surface area contributed by atoms with E-state index in [0.717, 1.165) is 4.31 Å². The second kappa shape index (κ2) is 7.30. The van der Waals surface area contributed by atoms with Gasteiger partial charge in [0.15, 0.2) is 0 Å². The fourth-order valence-corrected chi connectivity index (χ4v) is 4.48. The molecule has 30 heavy (non-hydrogen) atoms. The van der Waals surface area contributed by atoms with Gasteiger partial charge in [-0.25, -0.2) is 13.2 Å². The summed E-state index contributed by atoms with van der Waals surface area (Å²) in [6.45, 7) is 1.85. The number of sulfonamides is 1. The van der Waals surface area contributed by atoms with E-state index >= 15 is 0 Å². The van der Waals surface area contributed by atoms with E-state index in [1.165, 1.54) is 37.6 Å². The van der Waals surface area contributed by atoms with E-state index in [4.69, 9.17) is 4.74 Å². The molecule has 4 rings (SSSR count). The number of nitrogens with one attached hydrogen (secondary N) is 2. The highest BCUT2D eigenvalue weighted by molar-refractivity contribution is 7.92. The molecular formula is C20H18N4O5S. The summed E-state index contributed by atoms with van der Waals surface area (Å²) in [6.07, 6.45) is 4.38. The molecule has 3 aromatic heterocycles. The number of aromatic nitrogens is 3. The fraction of sp³-hybridized carbons (Fsp3) is 0.150. The van der Waals surface area contributed by atoms with Crippen LogP contribution in [0, 0.1) is 0 Å². The zero-order valence-electron chi connectivity index (χ0n) is 16.2. The minimum absolute atomic E-state index is 0.00529. The Balaban J connectivity index is 1.95. The van der Waals surface area contributed by atoms with Crippen molar-refractivity contribution in [2.75, 3.05) is 18.0 Å². The maximum atomic E-state index is 13.2. The number of nitrogens with zero attached hydrogens (tertiary/aromatic N) is 2. The molecule has 10 heteroatoms. The highest BCUT2D eigenvalue weighted by Crippen LogP contribution is 2.29. The van der Waals surface area contributed by atoms with Gasteiger partial charge in [0.2, 0.25) is 0 Å². The zero-order valence-corrected chi connectivity index (χ0v) is 17.0. The predicted molar refractivity (Wildman–Crippen MR) is 112 cm³/mol. The maximum absolute atomic E-state index is 13.2. The average Bonchev–Trinajstić information content (AvgIpc) is 3.20. The van der Waals surface area contributed by atoms with Crippen LogP contribution in [-0.2, 0) is 14.8 Å². The van der Waals surface area contributed by atoms with Crippen LogP contribution in [0.1, 0.15) is 17.3 Å². The van der Waals surface area contributed by atoms with Crippen LogP contribution in [0.4, 0.5) is 5.69 Å². The molecule has 0 saturated carbocycles. The minimum atomic E-state index is -3.91. The monoisotopic (exact) mass is 426 g/mol. The third kappa shape index (κ3) is 3.11. The first-order valence-electron chi connectivity index (χ1n) is 9.07. The van der Waals surface area contributed by atoms with Gasteiger partial charge >= 0.3 is 5.97 Å². The first-order chi connectivity index (χ1) is 14.3. The number of rotatable bonds is 5. The summed E-state index contributed by atoms with van der Waals surface area (Å²) in [7, 11) is -2.48. The Kier molecular flexibility index (Phi) is 4.78. The molecule has 0 saturated heterocycles. The van der Waals surface area contributed by atoms with Crippen LogP contribution in [-0.4, -0.2) is 43.0 Å². The molecular weight excluding hydrogens is 408 g/mol. The molecule has 0 atom stereocenters. The molecule has 1 aromatic carbocycles. The molecule has 0 aliphatic carbocycles. The molecule has 0 amide bonds. The van der Waals surface area contributed by atoms with Crippen molar-refractivity contribution in [3.63, 3.8) is 0 Å². The number of carbonyl (C=O) groups excluding carboxylic acids is 1. The van der Waals surface area contributed by atoms with Crippen molar-refractivity contribution >= 4 is 43.5 Å². The molecule has 154 valence electrons. The van der Waals surface area contributed by atoms with Crippen LogP contribution < -0.4 is 9.86 Å². The van der Waals surface area contributed by atoms with Gasteiger partial charge in [-0.2, -0.15) is 0 Å². The number of ether oxygens (including phenoxy) is 1. The van der Waals surface area contributed by atoms with Gasteiger partial charge in [-0.3, -0.25) is 14.1 Å². The van der Waals surface area contributed by atoms with Crippen LogP contribution in [0.5, 0.6) is 0 Å². The Labute approximate surface area is 171 Å². The van der Waals surface area contributed by atoms with Gasteiger partial charge < -0.3 is 14.7 Å². The van der Waals surface area contributed by atoms with E-state index in [0.29, 0.717) is 22.0 Å². The first kappa shape index (κ1) is 19.6. The number of hydrogen-bond acceptors (Lipinski definition) is 6. The van der Waals surface area contributed by atoms with E-state index in [9.17, 15) is 18.0 Å². The van der Waals surface area contributed by atoms with E-state index in [1.54, 1.807) is 25.3 Å². The number of hydrogen-bond donors (Lipinski definition) is 2. The predicted octanol–water partition coefficient (Wildman–Crippen LogP) is 2.41. The molecule has 0 bridgehead atoms. The normalized spacial score (nSPS) is 11.7. The van der Waals surface area contributed by atoms with Crippen molar-refractivity contribution in [1.82, 2.24) is 15.0 Å². The first-order valence-corrected chi connectivity index (χ1v) is 10.5. The van der Waals surface area contributed by atoms with Crippen LogP contribution in [0.25, 0.3) is 21.8 Å². The largest absolute Gasteiger partial charge is 0.462 e. The Morgan fingerprint density at radius 1 is 1.27 bits per heavy atom. The second-order valence-electron chi connectivity index (χ2n) is 6.52. The Hall–Kier alpha value is -3.66. The van der Waals surface area contributed by atoms with Crippen LogP contribution in [0.15, 0.2) is 58.6 Å². The number of H-pyrrole nitrogens is 2. The van der Waals surface area contributed by atoms with Crippen molar-refractivity contribution in [2.24, 2.45) is 0 Å². The molecule has 0 spiro atoms. The van der Waals surface area contributed by atoms with Crippen LogP contribution in [0.2, 0.25) is 0 Å². The third-order valence-electron chi connectivity index (χ3n) is 4.78. The summed E-state index contributed by atoms with van der Waals surface area (Å²) in [5, 5.41) is 0.725. The molecule has 4 aromatic rings. The summed E-state index contributed by atoms with van der Waals surface area (Å²) >= 11 is 0. The van der Waals surface area contributed by atoms with E-state index in [-0.39, 0.29) is 22.6 Å². The molecule has 0 aliphatic heterocycles. The highest BCUT2D eigenvalue weighted by atomic mass is 32.2. The van der Waals surface area contributed by atoms with Gasteiger partial charge in [0.05, 0.1) is 29.0 Å². The van der Waals surface area contributed by atoms with Gasteiger partial charge in [-0.1, -0.05) is 0 Å². The van der Waals surface area contributed by atoms with Crippen LogP contribution in [0.3, 0.4) is 0 Å². The number of pyridine rings is 2. The van der Waals surface area contributed by atoms with Crippen molar-refractivity contribution in [3.05, 3.63) is 64.8 Å². The van der Waals surface area contributed by atoms with E-state index in [2.05, 4.69) is 15.0 Å². The molecule has 2 N–H and O–H groups in total. The van der Waals surface area contributed by atoms with Crippen LogP contribution >= 0.6 is 0 Å². The number of anilines is 1. The molecule has 0 fully saturated rings. The van der Waals surface area contributed by atoms with Gasteiger partial charge in [0.25, 0.3) is 15.6 Å². The molecule has 0 unspecified atom stereocenters. The molecule has 0 aliphatic rings. The lowest BCUT2D eigenvalue weighted by atomic mass is 10.1. The van der Waals surface area contributed by atoms with Gasteiger partial charge in [-0.15, -0.1) is 0 Å². The molecule has 3 heterocycles. The summed E-state index contributed by atoms with van der Waals surface area (Å²) in [5.41, 5.74) is 0.716. The summed E-state index contributed by atoms with van der Waals surface area (Å²) in [6, 6.07) is 7.62. The Bertz CT molecular complexity index is 1420. The lowest BCUT2D eigenvalue weighted by molar-refractivity contribution is 0.0529. The second-order valence-corrected chi connectivity index (χ2v) is 8.49. The summed E-state index contributed by atoms with van der Waals surface area (Å²) in [5.74, 6) is -0.601. The minimum Gasteiger partial charge on any atom is -0.462 e. The number of carbonyl (C=O) groups is 1. The lowest BCUT2D eigenvalue weighted by Gasteiger charge is -2.19. The molecule has 0 radical (unpaired) electrons. The standard InChI is InChI=1S/C20H18N4O5S/c1-3-29-20(26)15-11-22-18-17(15)14-9-13(6-7-16(14)23-19(18)25)30(27,28)24(2)12-5-4-8-21-10-12/h4-11,22H,3H2,1-2H3,(H,23,25). The topological polar surface area (TPSA) is 125 Å². The van der Waals surface area contributed by atoms with E-state index < -0.39 is 21.6 Å². The lowest BCUT2D eigenvalue weighted by Crippen LogP contribution is -2.26. The SMILES string of the molecule is CCOC(=O)c1c[nH]c2c(=O)[nH]c3ccc(S(=O)(=O)N(C)c4cccnc4)cc3c12. The number of esters is 1. The van der Waals surface area contributed by atoms with Crippen molar-refractivity contribution in [1.29, 1.82) is 0 Å². The van der Waals surface area contributed by atoms with Crippen molar-refractivity contribution < 1.29 is 17.9 Å². The fourth-order valence-electron chi connectivity index (χ4n) is 3.27. The summed E-state index contributed by atoms with van der Waals surface area (Å²) in [4.78, 5) is 34.2. The van der Waals surface area contributed by atoms with Gasteiger partial charge in [-0.05, 0) is 37.3 Å². The Morgan fingerprint density at radius 3 is 2.77 bits per heavy atom. The quantitative estimate of drug-likeness (QED) is 0.472. The van der Waals surface area contributed by atoms with Gasteiger partial charge in [0.1, 0.15) is 5.52 Å². The summed E-state index contributed by atoms with van der Waals surface area (Å²) < 4.78 is 32.5. The number of benzene rings is 1. The number of fused-ring (bicyclic) bond motifs is 3. The third-order valence-corrected chi connectivity index (χ3v) is 6.56. The Morgan fingerprint density at radius 2 is 2.07 bits per heavy atom. The zero-order chi connectivity index (χ0) is 21.5. The van der Waals surface area contributed by atoms with Gasteiger partial charge in [0, 0.05) is 35.7 Å². The highest BCUT2D eigenvalue weighted by Gasteiger charge is 2.24. The number of aromatic amines is 2. The van der Waals surface area contributed by atoms with E-state index in [1.807, 2.05) is 0 Å². The van der Waals surface area contributed by atoms with Crippen molar-refractivity contribution in [3.8, 4) is 0 Å². The molecule has 9 nitrogen and oxygen atoms in total. The smallest absolute Gasteiger partial charge is 0.340 e. The maximum Gasteiger partial charge on any atom is 0.340 e. The van der Waals surface area contributed by atoms with Crippen molar-refractivity contribution in [2.45, 2.75) is 11.8 Å². The average molecular weight is 426 g/mol.